The van der Waals surface area contributed by atoms with Crippen molar-refractivity contribution < 1.29 is 14.5 Å². The van der Waals surface area contributed by atoms with Crippen LogP contribution in [-0.4, -0.2) is 56.1 Å². The first kappa shape index (κ1) is 26.5. The van der Waals surface area contributed by atoms with Gasteiger partial charge in [-0.3, -0.25) is 14.9 Å². The highest BCUT2D eigenvalue weighted by Gasteiger charge is 2.28. The van der Waals surface area contributed by atoms with E-state index < -0.39 is 0 Å². The van der Waals surface area contributed by atoms with Gasteiger partial charge in [0.05, 0.1) is 9.82 Å². The summed E-state index contributed by atoms with van der Waals surface area (Å²) in [5.74, 6) is 0.869. The van der Waals surface area contributed by atoms with E-state index in [9.17, 15) is 14.9 Å². The summed E-state index contributed by atoms with van der Waals surface area (Å²) in [5, 5.41) is 23.7. The van der Waals surface area contributed by atoms with Gasteiger partial charge in [0.2, 0.25) is 5.91 Å². The minimum absolute atomic E-state index is 0.0150. The maximum Gasteiger partial charge on any atom is 0.283 e. The number of nitrogens with zero attached hydrogens (tertiary/aromatic N) is 6. The fraction of sp³-hybridized carbons (Fsp3) is 0.385. The summed E-state index contributed by atoms with van der Waals surface area (Å²) >= 11 is 1.39. The first-order valence-electron chi connectivity index (χ1n) is 12.1. The van der Waals surface area contributed by atoms with Crippen molar-refractivity contribution in [3.8, 4) is 0 Å². The number of piperidine rings is 1. The predicted octanol–water partition coefficient (Wildman–Crippen LogP) is 4.88. The van der Waals surface area contributed by atoms with E-state index in [0.717, 1.165) is 23.3 Å². The van der Waals surface area contributed by atoms with Crippen molar-refractivity contribution in [3.63, 3.8) is 0 Å². The number of methoxy groups -OCH3 is 1. The third kappa shape index (κ3) is 6.41. The van der Waals surface area contributed by atoms with Crippen LogP contribution < -0.4 is 0 Å². The fourth-order valence-corrected chi connectivity index (χ4v) is 5.59. The standard InChI is InChI=1S/C26H30N6O4S/c1-18(2)21-8-4-5-9-23(21)37-24-12-10-19(15-22(24)32(34)35)11-13-25(33)30-14-6-7-20(16-30)26-27-28-29-31(26)17-36-3/h4-5,8-13,15,18,20H,6-7,14,16-17H2,1-3H3. The molecule has 0 bridgehead atoms. The number of ether oxygens (including phenoxy) is 1. The summed E-state index contributed by atoms with van der Waals surface area (Å²) in [6.45, 7) is 5.59. The van der Waals surface area contributed by atoms with Crippen molar-refractivity contribution in [2.75, 3.05) is 20.2 Å². The van der Waals surface area contributed by atoms with E-state index in [2.05, 4.69) is 29.4 Å². The first-order valence-corrected chi connectivity index (χ1v) is 13.0. The molecule has 10 nitrogen and oxygen atoms in total. The number of tetrazole rings is 1. The van der Waals surface area contributed by atoms with Crippen LogP contribution in [0, 0.1) is 10.1 Å². The van der Waals surface area contributed by atoms with E-state index in [4.69, 9.17) is 4.74 Å². The van der Waals surface area contributed by atoms with Gasteiger partial charge in [-0.25, -0.2) is 4.68 Å². The Hall–Kier alpha value is -3.57. The molecule has 1 fully saturated rings. The average Bonchev–Trinajstić information content (AvgIpc) is 3.36. The van der Waals surface area contributed by atoms with E-state index in [-0.39, 0.29) is 29.2 Å². The minimum atomic E-state index is -0.376. The molecule has 0 spiro atoms. The molecule has 4 rings (SSSR count). The first-order chi connectivity index (χ1) is 17.9. The van der Waals surface area contributed by atoms with Gasteiger partial charge >= 0.3 is 0 Å². The highest BCUT2D eigenvalue weighted by Crippen LogP contribution is 2.39. The molecule has 2 aromatic carbocycles. The van der Waals surface area contributed by atoms with Crippen LogP contribution in [0.2, 0.25) is 0 Å². The van der Waals surface area contributed by atoms with Gasteiger partial charge in [0.25, 0.3) is 5.69 Å². The molecule has 1 aliphatic rings. The number of hydrogen-bond acceptors (Lipinski definition) is 8. The highest BCUT2D eigenvalue weighted by atomic mass is 32.2. The third-order valence-electron chi connectivity index (χ3n) is 6.27. The SMILES string of the molecule is COCn1nnnc1C1CCCN(C(=O)C=Cc2ccc(Sc3ccccc3C(C)C)c([N+](=O)[O-])c2)C1. The van der Waals surface area contributed by atoms with Crippen LogP contribution in [0.25, 0.3) is 6.08 Å². The van der Waals surface area contributed by atoms with Crippen LogP contribution in [0.1, 0.15) is 55.5 Å². The monoisotopic (exact) mass is 522 g/mol. The molecule has 0 radical (unpaired) electrons. The lowest BCUT2D eigenvalue weighted by Crippen LogP contribution is -2.39. The normalized spacial score (nSPS) is 16.0. The maximum absolute atomic E-state index is 12.9. The summed E-state index contributed by atoms with van der Waals surface area (Å²) in [5.41, 5.74) is 1.76. The Labute approximate surface area is 219 Å². The molecule has 37 heavy (non-hydrogen) atoms. The molecule has 1 aliphatic heterocycles. The molecular weight excluding hydrogens is 492 g/mol. The summed E-state index contributed by atoms with van der Waals surface area (Å²) in [7, 11) is 1.58. The molecule has 0 saturated carbocycles. The maximum atomic E-state index is 12.9. The molecule has 194 valence electrons. The molecule has 1 saturated heterocycles. The molecule has 0 aliphatic carbocycles. The second-order valence-electron chi connectivity index (χ2n) is 9.19. The number of aromatic nitrogens is 4. The third-order valence-corrected chi connectivity index (χ3v) is 7.43. The molecule has 1 aromatic heterocycles. The van der Waals surface area contributed by atoms with Crippen LogP contribution in [0.4, 0.5) is 5.69 Å². The van der Waals surface area contributed by atoms with Crippen LogP contribution in [0.5, 0.6) is 0 Å². The molecular formula is C26H30N6O4S. The number of benzene rings is 2. The van der Waals surface area contributed by atoms with Gasteiger partial charge in [-0.15, -0.1) is 5.10 Å². The van der Waals surface area contributed by atoms with Crippen molar-refractivity contribution >= 4 is 29.4 Å². The zero-order valence-electron chi connectivity index (χ0n) is 21.1. The van der Waals surface area contributed by atoms with Gasteiger partial charge in [0, 0.05) is 43.2 Å². The summed E-state index contributed by atoms with van der Waals surface area (Å²) < 4.78 is 6.75. The van der Waals surface area contributed by atoms with Crippen molar-refractivity contribution in [1.82, 2.24) is 25.1 Å². The average molecular weight is 523 g/mol. The molecule has 3 aromatic rings. The van der Waals surface area contributed by atoms with E-state index in [0.29, 0.717) is 35.3 Å². The van der Waals surface area contributed by atoms with E-state index in [1.165, 1.54) is 23.9 Å². The largest absolute Gasteiger partial charge is 0.362 e. The lowest BCUT2D eigenvalue weighted by Gasteiger charge is -2.31. The van der Waals surface area contributed by atoms with Crippen LogP contribution in [0.15, 0.2) is 58.3 Å². The van der Waals surface area contributed by atoms with Gasteiger partial charge in [-0.2, -0.15) is 0 Å². The van der Waals surface area contributed by atoms with Crippen molar-refractivity contribution in [2.24, 2.45) is 0 Å². The van der Waals surface area contributed by atoms with E-state index in [1.54, 1.807) is 34.9 Å². The van der Waals surface area contributed by atoms with Crippen molar-refractivity contribution in [1.29, 1.82) is 0 Å². The van der Waals surface area contributed by atoms with Gasteiger partial charge in [0.1, 0.15) is 6.73 Å². The minimum Gasteiger partial charge on any atom is -0.362 e. The Balaban J connectivity index is 1.48. The van der Waals surface area contributed by atoms with Gasteiger partial charge in [0.15, 0.2) is 5.82 Å². The Morgan fingerprint density at radius 3 is 2.84 bits per heavy atom. The van der Waals surface area contributed by atoms with E-state index in [1.807, 2.05) is 24.3 Å². The molecule has 1 atom stereocenters. The second kappa shape index (κ2) is 12.1. The molecule has 11 heteroatoms. The number of hydrogen-bond donors (Lipinski definition) is 0. The molecule has 1 amide bonds. The molecule has 1 unspecified atom stereocenters. The van der Waals surface area contributed by atoms with Crippen LogP contribution in [0.3, 0.4) is 0 Å². The lowest BCUT2D eigenvalue weighted by atomic mass is 9.97. The number of rotatable bonds is 9. The van der Waals surface area contributed by atoms with Gasteiger partial charge in [-0.1, -0.05) is 49.9 Å². The lowest BCUT2D eigenvalue weighted by molar-refractivity contribution is -0.387. The Morgan fingerprint density at radius 2 is 2.08 bits per heavy atom. The Morgan fingerprint density at radius 1 is 1.27 bits per heavy atom. The topological polar surface area (TPSA) is 116 Å². The number of likely N-dealkylation sites (tertiary alicyclic amines) is 1. The predicted molar refractivity (Wildman–Crippen MR) is 140 cm³/mol. The summed E-state index contributed by atoms with van der Waals surface area (Å²) in [4.78, 5) is 27.7. The van der Waals surface area contributed by atoms with Crippen molar-refractivity contribution in [3.05, 3.63) is 75.6 Å². The number of amides is 1. The highest BCUT2D eigenvalue weighted by molar-refractivity contribution is 7.99. The number of nitro benzene ring substituents is 1. The van der Waals surface area contributed by atoms with Crippen molar-refractivity contribution in [2.45, 2.75) is 55.0 Å². The summed E-state index contributed by atoms with van der Waals surface area (Å²) in [6, 6.07) is 13.0. The molecule has 0 N–H and O–H groups in total. The van der Waals surface area contributed by atoms with Crippen LogP contribution >= 0.6 is 11.8 Å². The zero-order chi connectivity index (χ0) is 26.4. The number of carbonyl (C=O) groups excluding carboxylic acids is 1. The van der Waals surface area contributed by atoms with Gasteiger partial charge in [-0.05, 0) is 58.5 Å². The van der Waals surface area contributed by atoms with Crippen LogP contribution in [-0.2, 0) is 16.3 Å². The number of nitro groups is 1. The molecule has 2 heterocycles. The Bertz CT molecular complexity index is 1290. The summed E-state index contributed by atoms with van der Waals surface area (Å²) in [6.07, 6.45) is 4.81. The van der Waals surface area contributed by atoms with Gasteiger partial charge < -0.3 is 9.64 Å². The number of carbonyl (C=O) groups is 1. The smallest absolute Gasteiger partial charge is 0.283 e. The quantitative estimate of drug-likeness (QED) is 0.222. The Kier molecular flexibility index (Phi) is 8.67. The van der Waals surface area contributed by atoms with E-state index >= 15 is 0 Å². The second-order valence-corrected chi connectivity index (χ2v) is 10.3. The fourth-order valence-electron chi connectivity index (χ4n) is 4.42. The zero-order valence-corrected chi connectivity index (χ0v) is 21.9.